The van der Waals surface area contributed by atoms with E-state index in [4.69, 9.17) is 0 Å². The molecule has 19 heavy (non-hydrogen) atoms. The number of carbonyl (C=O) groups excluding carboxylic acids is 1. The molecule has 1 aliphatic heterocycles. The van der Waals surface area contributed by atoms with Crippen LogP contribution in [0.3, 0.4) is 0 Å². The first-order valence-corrected chi connectivity index (χ1v) is 7.01. The van der Waals surface area contributed by atoms with Crippen LogP contribution in [0.2, 0.25) is 0 Å². The van der Waals surface area contributed by atoms with E-state index in [9.17, 15) is 4.79 Å². The van der Waals surface area contributed by atoms with E-state index in [1.807, 2.05) is 6.92 Å². The van der Waals surface area contributed by atoms with Crippen LogP contribution in [-0.4, -0.2) is 49.0 Å². The Kier molecular flexibility index (Phi) is 4.82. The van der Waals surface area contributed by atoms with E-state index in [2.05, 4.69) is 48.2 Å². The molecule has 0 unspecified atom stereocenters. The van der Waals surface area contributed by atoms with Gasteiger partial charge in [0.25, 0.3) is 0 Å². The number of rotatable bonds is 4. The van der Waals surface area contributed by atoms with Gasteiger partial charge in [0, 0.05) is 31.1 Å². The molecule has 0 aliphatic carbocycles. The van der Waals surface area contributed by atoms with Crippen LogP contribution in [0.4, 0.5) is 0 Å². The van der Waals surface area contributed by atoms with Crippen molar-refractivity contribution in [3.63, 3.8) is 0 Å². The molecule has 110 valence electrons. The summed E-state index contributed by atoms with van der Waals surface area (Å²) < 4.78 is 0. The first-order chi connectivity index (χ1) is 8.76. The van der Waals surface area contributed by atoms with Gasteiger partial charge in [-0.3, -0.25) is 9.79 Å². The second-order valence-electron chi connectivity index (χ2n) is 6.28. The SMILES string of the molecule is CCCNC(=O)CNC(=NC)N1CC(C)(C)C1(C)C. The number of hydrogen-bond donors (Lipinski definition) is 2. The summed E-state index contributed by atoms with van der Waals surface area (Å²) in [6.07, 6.45) is 0.952. The quantitative estimate of drug-likeness (QED) is 0.595. The lowest BCUT2D eigenvalue weighted by Gasteiger charge is -2.62. The molecular formula is C14H28N4O. The summed E-state index contributed by atoms with van der Waals surface area (Å²) >= 11 is 0. The molecule has 1 aliphatic rings. The third-order valence-electron chi connectivity index (χ3n) is 4.33. The van der Waals surface area contributed by atoms with E-state index in [0.29, 0.717) is 0 Å². The summed E-state index contributed by atoms with van der Waals surface area (Å²) in [5, 5.41) is 5.99. The first kappa shape index (κ1) is 15.8. The van der Waals surface area contributed by atoms with Gasteiger partial charge < -0.3 is 15.5 Å². The fourth-order valence-corrected chi connectivity index (χ4v) is 2.18. The van der Waals surface area contributed by atoms with Crippen LogP contribution in [0, 0.1) is 5.41 Å². The van der Waals surface area contributed by atoms with Gasteiger partial charge in [0.2, 0.25) is 5.91 Å². The van der Waals surface area contributed by atoms with Crippen molar-refractivity contribution in [2.24, 2.45) is 10.4 Å². The van der Waals surface area contributed by atoms with E-state index in [-0.39, 0.29) is 23.4 Å². The maximum absolute atomic E-state index is 11.6. The Morgan fingerprint density at radius 1 is 1.26 bits per heavy atom. The first-order valence-electron chi connectivity index (χ1n) is 7.01. The smallest absolute Gasteiger partial charge is 0.239 e. The van der Waals surface area contributed by atoms with E-state index in [0.717, 1.165) is 25.5 Å². The predicted octanol–water partition coefficient (Wildman–Crippen LogP) is 1.21. The summed E-state index contributed by atoms with van der Waals surface area (Å²) in [6.45, 7) is 12.9. The Bertz CT molecular complexity index is 360. The number of nitrogens with zero attached hydrogens (tertiary/aromatic N) is 2. The molecule has 0 saturated carbocycles. The zero-order valence-corrected chi connectivity index (χ0v) is 13.1. The topological polar surface area (TPSA) is 56.7 Å². The molecule has 0 aromatic heterocycles. The van der Waals surface area contributed by atoms with Gasteiger partial charge in [-0.15, -0.1) is 0 Å². The summed E-state index contributed by atoms with van der Waals surface area (Å²) in [7, 11) is 1.76. The summed E-state index contributed by atoms with van der Waals surface area (Å²) in [5.74, 6) is 0.816. The number of likely N-dealkylation sites (tertiary alicyclic amines) is 1. The number of aliphatic imine (C=N–C) groups is 1. The number of carbonyl (C=O) groups is 1. The monoisotopic (exact) mass is 268 g/mol. The van der Waals surface area contributed by atoms with Crippen LogP contribution in [0.25, 0.3) is 0 Å². The lowest BCUT2D eigenvalue weighted by molar-refractivity contribution is -0.120. The second kappa shape index (κ2) is 5.80. The van der Waals surface area contributed by atoms with Crippen molar-refractivity contribution in [3.8, 4) is 0 Å². The second-order valence-corrected chi connectivity index (χ2v) is 6.28. The predicted molar refractivity (Wildman–Crippen MR) is 79.2 cm³/mol. The molecule has 1 fully saturated rings. The van der Waals surface area contributed by atoms with Gasteiger partial charge in [0.15, 0.2) is 5.96 Å². The zero-order valence-electron chi connectivity index (χ0n) is 13.1. The molecule has 0 aromatic carbocycles. The molecule has 0 aromatic rings. The van der Waals surface area contributed by atoms with Crippen LogP contribution >= 0.6 is 0 Å². The molecular weight excluding hydrogens is 240 g/mol. The van der Waals surface area contributed by atoms with Crippen molar-refractivity contribution in [1.82, 2.24) is 15.5 Å². The van der Waals surface area contributed by atoms with E-state index in [1.165, 1.54) is 0 Å². The van der Waals surface area contributed by atoms with Crippen LogP contribution in [0.5, 0.6) is 0 Å². The van der Waals surface area contributed by atoms with Gasteiger partial charge in [-0.25, -0.2) is 0 Å². The molecule has 5 nitrogen and oxygen atoms in total. The minimum Gasteiger partial charge on any atom is -0.355 e. The molecule has 0 bridgehead atoms. The Labute approximate surface area is 116 Å². The van der Waals surface area contributed by atoms with Crippen LogP contribution in [0.15, 0.2) is 4.99 Å². The Balaban J connectivity index is 2.51. The van der Waals surface area contributed by atoms with E-state index >= 15 is 0 Å². The van der Waals surface area contributed by atoms with Crippen molar-refractivity contribution in [1.29, 1.82) is 0 Å². The maximum atomic E-state index is 11.6. The number of hydrogen-bond acceptors (Lipinski definition) is 2. The molecule has 0 spiro atoms. The number of nitrogens with one attached hydrogen (secondary N) is 2. The minimum atomic E-state index is 0.0144. The van der Waals surface area contributed by atoms with Gasteiger partial charge >= 0.3 is 0 Å². The van der Waals surface area contributed by atoms with Gasteiger partial charge in [-0.1, -0.05) is 20.8 Å². The number of amides is 1. The summed E-state index contributed by atoms with van der Waals surface area (Å²) in [5.41, 5.74) is 0.309. The highest BCUT2D eigenvalue weighted by molar-refractivity contribution is 5.87. The third kappa shape index (κ3) is 3.19. The molecule has 2 N–H and O–H groups in total. The molecule has 1 rings (SSSR count). The summed E-state index contributed by atoms with van der Waals surface area (Å²) in [4.78, 5) is 18.1. The van der Waals surface area contributed by atoms with E-state index in [1.54, 1.807) is 7.05 Å². The van der Waals surface area contributed by atoms with Crippen LogP contribution in [-0.2, 0) is 4.79 Å². The van der Waals surface area contributed by atoms with Gasteiger partial charge in [0.1, 0.15) is 0 Å². The molecule has 1 amide bonds. The van der Waals surface area contributed by atoms with Gasteiger partial charge in [-0.2, -0.15) is 0 Å². The zero-order chi connectivity index (χ0) is 14.7. The van der Waals surface area contributed by atoms with Gasteiger partial charge in [-0.05, 0) is 20.3 Å². The third-order valence-corrected chi connectivity index (χ3v) is 4.33. The van der Waals surface area contributed by atoms with Crippen molar-refractivity contribution in [2.45, 2.75) is 46.6 Å². The average molecular weight is 268 g/mol. The highest BCUT2D eigenvalue weighted by Gasteiger charge is 2.53. The molecule has 1 saturated heterocycles. The van der Waals surface area contributed by atoms with Gasteiger partial charge in [0.05, 0.1) is 6.54 Å². The normalized spacial score (nSPS) is 20.7. The number of guanidine groups is 1. The minimum absolute atomic E-state index is 0.0144. The Morgan fingerprint density at radius 2 is 1.89 bits per heavy atom. The molecule has 1 heterocycles. The lowest BCUT2D eigenvalue weighted by Crippen LogP contribution is -2.72. The van der Waals surface area contributed by atoms with Crippen LogP contribution < -0.4 is 10.6 Å². The van der Waals surface area contributed by atoms with Crippen molar-refractivity contribution in [3.05, 3.63) is 0 Å². The Morgan fingerprint density at radius 3 is 2.32 bits per heavy atom. The fraction of sp³-hybridized carbons (Fsp3) is 0.857. The fourth-order valence-electron chi connectivity index (χ4n) is 2.18. The highest BCUT2D eigenvalue weighted by atomic mass is 16.1. The summed E-state index contributed by atoms with van der Waals surface area (Å²) in [6, 6.07) is 0. The van der Waals surface area contributed by atoms with E-state index < -0.39 is 0 Å². The molecule has 5 heteroatoms. The van der Waals surface area contributed by atoms with Crippen molar-refractivity contribution < 1.29 is 4.79 Å². The molecule has 0 radical (unpaired) electrons. The average Bonchev–Trinajstić information content (AvgIpc) is 2.35. The van der Waals surface area contributed by atoms with Crippen molar-refractivity contribution >= 4 is 11.9 Å². The maximum Gasteiger partial charge on any atom is 0.239 e. The largest absolute Gasteiger partial charge is 0.355 e. The molecule has 0 atom stereocenters. The lowest BCUT2D eigenvalue weighted by atomic mass is 9.65. The van der Waals surface area contributed by atoms with Crippen molar-refractivity contribution in [2.75, 3.05) is 26.7 Å². The highest BCUT2D eigenvalue weighted by Crippen LogP contribution is 2.46. The Hall–Kier alpha value is -1.26. The van der Waals surface area contributed by atoms with Crippen LogP contribution in [0.1, 0.15) is 41.0 Å². The standard InChI is InChI=1S/C14H28N4O/c1-7-8-16-11(19)9-17-12(15-6)18-10-13(2,3)14(18,4)5/h7-10H2,1-6H3,(H,15,17)(H,16,19).